The van der Waals surface area contributed by atoms with Crippen LogP contribution < -0.4 is 4.74 Å². The van der Waals surface area contributed by atoms with E-state index in [2.05, 4.69) is 6.07 Å². The molecule has 7 nitrogen and oxygen atoms in total. The van der Waals surface area contributed by atoms with E-state index >= 15 is 0 Å². The molecule has 0 saturated carbocycles. The zero-order chi connectivity index (χ0) is 32.7. The van der Waals surface area contributed by atoms with Crippen LogP contribution in [-0.4, -0.2) is 30.6 Å². The highest BCUT2D eigenvalue weighted by atomic mass is 35.5. The minimum atomic E-state index is -4.31. The van der Waals surface area contributed by atoms with Crippen molar-refractivity contribution < 1.29 is 27.4 Å². The number of fused-ring (bicyclic) bond motifs is 1. The van der Waals surface area contributed by atoms with E-state index in [0.717, 1.165) is 5.56 Å². The first kappa shape index (κ1) is 30.6. The number of carboxylic acids is 1. The van der Waals surface area contributed by atoms with Gasteiger partial charge in [-0.15, -0.1) is 0 Å². The van der Waals surface area contributed by atoms with Crippen molar-refractivity contribution in [3.63, 3.8) is 0 Å². The number of rotatable bonds is 7. The number of ether oxygens (including phenoxy) is 1. The summed E-state index contributed by atoms with van der Waals surface area (Å²) in [5, 5.41) is 20.1. The first-order chi connectivity index (χ1) is 22.0. The van der Waals surface area contributed by atoms with Crippen LogP contribution in [0.5, 0.6) is 5.75 Å². The van der Waals surface area contributed by atoms with Gasteiger partial charge in [-0.3, -0.25) is 0 Å². The molecule has 0 fully saturated rings. The Bertz CT molecular complexity index is 2340. The van der Waals surface area contributed by atoms with Gasteiger partial charge in [-0.25, -0.2) is 21.6 Å². The molecule has 0 saturated heterocycles. The summed E-state index contributed by atoms with van der Waals surface area (Å²) in [6, 6.07) is 28.6. The van der Waals surface area contributed by atoms with Crippen LogP contribution in [-0.2, 0) is 10.0 Å². The van der Waals surface area contributed by atoms with Crippen LogP contribution in [0.15, 0.2) is 108 Å². The molecule has 0 bridgehead atoms. The molecular formula is C36H24ClFN2O5S. The van der Waals surface area contributed by atoms with Crippen molar-refractivity contribution in [2.45, 2.75) is 11.8 Å². The summed E-state index contributed by atoms with van der Waals surface area (Å²) < 4.78 is 50.8. The third kappa shape index (κ3) is 5.17. The van der Waals surface area contributed by atoms with Gasteiger partial charge in [-0.05, 0) is 67.1 Å². The Morgan fingerprint density at radius 2 is 1.63 bits per heavy atom. The average molecular weight is 651 g/mol. The van der Waals surface area contributed by atoms with Crippen LogP contribution in [0.1, 0.15) is 21.5 Å². The van der Waals surface area contributed by atoms with Crippen LogP contribution in [0.2, 0.25) is 5.02 Å². The Balaban J connectivity index is 1.76. The predicted molar refractivity (Wildman–Crippen MR) is 175 cm³/mol. The van der Waals surface area contributed by atoms with Gasteiger partial charge in [-0.2, -0.15) is 5.26 Å². The molecule has 0 aliphatic rings. The summed E-state index contributed by atoms with van der Waals surface area (Å²) in [4.78, 5) is 11.5. The molecule has 228 valence electrons. The lowest BCUT2D eigenvalue weighted by atomic mass is 9.93. The quantitative estimate of drug-likeness (QED) is 0.185. The number of nitriles is 1. The summed E-state index contributed by atoms with van der Waals surface area (Å²) in [7, 11) is -2.88. The van der Waals surface area contributed by atoms with E-state index in [1.807, 2.05) is 6.92 Å². The van der Waals surface area contributed by atoms with E-state index in [-0.39, 0.29) is 43.4 Å². The lowest BCUT2D eigenvalue weighted by molar-refractivity contribution is 0.0697. The summed E-state index contributed by atoms with van der Waals surface area (Å²) in [6.45, 7) is 1.85. The molecule has 46 heavy (non-hydrogen) atoms. The summed E-state index contributed by atoms with van der Waals surface area (Å²) in [5.74, 6) is -1.45. The Morgan fingerprint density at radius 1 is 0.913 bits per heavy atom. The number of hydrogen-bond acceptors (Lipinski definition) is 5. The fourth-order valence-corrected chi connectivity index (χ4v) is 7.41. The molecule has 5 aromatic carbocycles. The normalized spacial score (nSPS) is 11.4. The average Bonchev–Trinajstić information content (AvgIpc) is 3.39. The van der Waals surface area contributed by atoms with Gasteiger partial charge >= 0.3 is 5.97 Å². The van der Waals surface area contributed by atoms with Crippen molar-refractivity contribution in [2.24, 2.45) is 0 Å². The second kappa shape index (κ2) is 11.8. The molecule has 0 aliphatic carbocycles. The van der Waals surface area contributed by atoms with Gasteiger partial charge in [0.1, 0.15) is 23.2 Å². The highest BCUT2D eigenvalue weighted by molar-refractivity contribution is 7.90. The van der Waals surface area contributed by atoms with Crippen LogP contribution >= 0.6 is 11.6 Å². The van der Waals surface area contributed by atoms with E-state index in [9.17, 15) is 28.0 Å². The zero-order valence-electron chi connectivity index (χ0n) is 24.5. The largest absolute Gasteiger partial charge is 0.495 e. The number of carboxylic acid groups (broad SMARTS) is 1. The number of nitrogens with zero attached hydrogens (tertiary/aromatic N) is 2. The van der Waals surface area contributed by atoms with E-state index in [4.69, 9.17) is 16.3 Å². The van der Waals surface area contributed by atoms with Crippen molar-refractivity contribution in [2.75, 3.05) is 7.11 Å². The predicted octanol–water partition coefficient (Wildman–Crippen LogP) is 8.56. The molecule has 1 N–H and O–H groups in total. The van der Waals surface area contributed by atoms with Crippen LogP contribution in [0.3, 0.4) is 0 Å². The number of carbonyl (C=O) groups is 1. The molecule has 1 aromatic heterocycles. The maximum Gasteiger partial charge on any atom is 0.335 e. The fourth-order valence-electron chi connectivity index (χ4n) is 5.58. The number of benzene rings is 5. The lowest BCUT2D eigenvalue weighted by Crippen LogP contribution is -2.14. The molecule has 0 atom stereocenters. The van der Waals surface area contributed by atoms with E-state index in [1.54, 1.807) is 60.7 Å². The molecular weight excluding hydrogens is 627 g/mol. The zero-order valence-corrected chi connectivity index (χ0v) is 26.0. The highest BCUT2D eigenvalue weighted by Gasteiger charge is 2.30. The standard InChI is InChI=1S/C36H24ClFN2O5S/c1-21-9-13-26(14-10-21)46(43,44)40-32-16-12-25(38)19-29(32)34(28-7-4-8-33(45-2)30(28)20-39)35(40)23-6-3-5-22(17-23)27-15-11-24(36(41)42)18-31(27)37/h3-19H,1-2H3,(H,41,42). The van der Waals surface area contributed by atoms with E-state index < -0.39 is 21.8 Å². The second-order valence-electron chi connectivity index (χ2n) is 10.5. The molecule has 0 aliphatic heterocycles. The number of aromatic carboxylic acids is 1. The number of aromatic nitrogens is 1. The number of aryl methyl sites for hydroxylation is 1. The van der Waals surface area contributed by atoms with Gasteiger partial charge in [0.15, 0.2) is 0 Å². The maximum absolute atomic E-state index is 15.0. The molecule has 0 unspecified atom stereocenters. The van der Waals surface area contributed by atoms with Gasteiger partial charge < -0.3 is 9.84 Å². The van der Waals surface area contributed by atoms with Crippen molar-refractivity contribution in [3.8, 4) is 45.3 Å². The Kier molecular flexibility index (Phi) is 7.86. The van der Waals surface area contributed by atoms with Crippen LogP contribution in [0.4, 0.5) is 4.39 Å². The molecule has 6 aromatic rings. The van der Waals surface area contributed by atoms with Gasteiger partial charge in [0.05, 0.1) is 28.8 Å². The van der Waals surface area contributed by atoms with Gasteiger partial charge in [0.25, 0.3) is 10.0 Å². The summed E-state index contributed by atoms with van der Waals surface area (Å²) >= 11 is 6.53. The fraction of sp³-hybridized carbons (Fsp3) is 0.0556. The molecule has 0 radical (unpaired) electrons. The molecule has 6 rings (SSSR count). The monoisotopic (exact) mass is 650 g/mol. The van der Waals surface area contributed by atoms with Crippen LogP contribution in [0, 0.1) is 24.1 Å². The summed E-state index contributed by atoms with van der Waals surface area (Å²) in [6.07, 6.45) is 0. The third-order valence-corrected chi connectivity index (χ3v) is 9.78. The molecule has 10 heteroatoms. The van der Waals surface area contributed by atoms with Crippen LogP contribution in [0.25, 0.3) is 44.4 Å². The Hall–Kier alpha value is -5.43. The molecule has 0 spiro atoms. The van der Waals surface area contributed by atoms with E-state index in [1.165, 1.54) is 53.5 Å². The molecule has 0 amide bonds. The molecule has 1 heterocycles. The smallest absolute Gasteiger partial charge is 0.335 e. The van der Waals surface area contributed by atoms with Crippen molar-refractivity contribution in [3.05, 3.63) is 131 Å². The number of halogens is 2. The number of hydrogen-bond donors (Lipinski definition) is 1. The van der Waals surface area contributed by atoms with Gasteiger partial charge in [0, 0.05) is 32.7 Å². The Labute approximate surface area is 269 Å². The van der Waals surface area contributed by atoms with Gasteiger partial charge in [-0.1, -0.05) is 65.7 Å². The van der Waals surface area contributed by atoms with E-state index in [0.29, 0.717) is 27.8 Å². The minimum absolute atomic E-state index is 0.0144. The lowest BCUT2D eigenvalue weighted by Gasteiger charge is -2.16. The second-order valence-corrected chi connectivity index (χ2v) is 12.7. The third-order valence-electron chi connectivity index (χ3n) is 7.74. The maximum atomic E-state index is 15.0. The first-order valence-corrected chi connectivity index (χ1v) is 15.7. The SMILES string of the molecule is COc1cccc(-c2c(-c3cccc(-c4ccc(C(=O)O)cc4Cl)c3)n(S(=O)(=O)c3ccc(C)cc3)c3ccc(F)cc23)c1C#N. The van der Waals surface area contributed by atoms with Gasteiger partial charge in [0.2, 0.25) is 0 Å². The highest BCUT2D eigenvalue weighted by Crippen LogP contribution is 2.46. The van der Waals surface area contributed by atoms with Crippen molar-refractivity contribution in [1.29, 1.82) is 5.26 Å². The van der Waals surface area contributed by atoms with Crippen molar-refractivity contribution in [1.82, 2.24) is 3.97 Å². The topological polar surface area (TPSA) is 109 Å². The summed E-state index contributed by atoms with van der Waals surface area (Å²) in [5.41, 5.74) is 3.59. The Morgan fingerprint density at radius 3 is 2.30 bits per heavy atom. The first-order valence-electron chi connectivity index (χ1n) is 13.9. The minimum Gasteiger partial charge on any atom is -0.495 e. The number of methoxy groups -OCH3 is 1. The van der Waals surface area contributed by atoms with Crippen molar-refractivity contribution >= 4 is 38.5 Å².